The third kappa shape index (κ3) is 1.45. The van der Waals surface area contributed by atoms with Gasteiger partial charge in [0, 0.05) is 6.07 Å². The van der Waals surface area contributed by atoms with Crippen LogP contribution in [0, 0.1) is 23.7 Å². The van der Waals surface area contributed by atoms with E-state index in [1.807, 2.05) is 0 Å². The van der Waals surface area contributed by atoms with Gasteiger partial charge in [0.15, 0.2) is 0 Å². The van der Waals surface area contributed by atoms with Gasteiger partial charge >= 0.3 is 0 Å². The highest BCUT2D eigenvalue weighted by atomic mass is 15.3. The lowest BCUT2D eigenvalue weighted by Crippen LogP contribution is -2.46. The maximum atomic E-state index is 6.20. The molecule has 0 aliphatic heterocycles. The van der Waals surface area contributed by atoms with Crippen LogP contribution in [0.3, 0.4) is 0 Å². The van der Waals surface area contributed by atoms with Gasteiger partial charge in [0.1, 0.15) is 5.82 Å². The van der Waals surface area contributed by atoms with Gasteiger partial charge in [-0.3, -0.25) is 0 Å². The number of nitrogen functional groups attached to an aromatic ring is 1. The van der Waals surface area contributed by atoms with Gasteiger partial charge in [-0.2, -0.15) is 5.10 Å². The van der Waals surface area contributed by atoms with Crippen LogP contribution in [0.25, 0.3) is 0 Å². The third-order valence-corrected chi connectivity index (χ3v) is 5.64. The minimum Gasteiger partial charge on any atom is -0.384 e. The average molecular weight is 245 g/mol. The summed E-state index contributed by atoms with van der Waals surface area (Å²) in [5.74, 6) is 4.64. The lowest BCUT2D eigenvalue weighted by atomic mass is 9.54. The lowest BCUT2D eigenvalue weighted by Gasteiger charge is -2.54. The normalized spacial score (nSPS) is 41.5. The molecule has 0 spiro atoms. The highest BCUT2D eigenvalue weighted by Crippen LogP contribution is 2.58. The molecule has 4 bridgehead atoms. The van der Waals surface area contributed by atoms with Crippen LogP contribution in [0.1, 0.15) is 50.8 Å². The second-order valence-corrected chi connectivity index (χ2v) is 6.78. The number of rotatable bonds is 2. The number of hydrogen-bond donors (Lipinski definition) is 1. The van der Waals surface area contributed by atoms with Crippen LogP contribution in [0.2, 0.25) is 0 Å². The standard InChI is InChI=1S/C15H23N3/c1-2-13-8-14(16)18(17-13)15-11-4-9-3-10(6-11)7-12(15)5-9/h8-12,15H,2-7,16H2,1H3. The average Bonchev–Trinajstić information content (AvgIpc) is 2.69. The fourth-order valence-electron chi connectivity index (χ4n) is 5.17. The number of aryl methyl sites for hydroxylation is 1. The molecule has 0 atom stereocenters. The molecule has 1 aromatic heterocycles. The van der Waals surface area contributed by atoms with Gasteiger partial charge in [-0.25, -0.2) is 4.68 Å². The second kappa shape index (κ2) is 3.75. The van der Waals surface area contributed by atoms with Crippen LogP contribution in [0.4, 0.5) is 5.82 Å². The summed E-state index contributed by atoms with van der Waals surface area (Å²) in [6.45, 7) is 2.16. The van der Waals surface area contributed by atoms with Crippen LogP contribution in [-0.4, -0.2) is 9.78 Å². The van der Waals surface area contributed by atoms with Crippen LogP contribution < -0.4 is 5.73 Å². The number of nitrogens with two attached hydrogens (primary N) is 1. The molecule has 5 rings (SSSR count). The van der Waals surface area contributed by atoms with Crippen molar-refractivity contribution in [3.05, 3.63) is 11.8 Å². The molecule has 3 nitrogen and oxygen atoms in total. The van der Waals surface area contributed by atoms with Gasteiger partial charge in [-0.15, -0.1) is 0 Å². The minimum absolute atomic E-state index is 0.609. The van der Waals surface area contributed by atoms with E-state index in [1.54, 1.807) is 0 Å². The molecule has 2 N–H and O–H groups in total. The highest BCUT2D eigenvalue weighted by Gasteiger charge is 2.49. The van der Waals surface area contributed by atoms with E-state index in [0.29, 0.717) is 6.04 Å². The van der Waals surface area contributed by atoms with Crippen molar-refractivity contribution in [2.45, 2.75) is 51.5 Å². The summed E-state index contributed by atoms with van der Waals surface area (Å²) in [5.41, 5.74) is 7.35. The van der Waals surface area contributed by atoms with Gasteiger partial charge < -0.3 is 5.73 Å². The summed E-state index contributed by atoms with van der Waals surface area (Å²) in [6.07, 6.45) is 8.22. The summed E-state index contributed by atoms with van der Waals surface area (Å²) in [4.78, 5) is 0. The zero-order chi connectivity index (χ0) is 12.3. The Kier molecular flexibility index (Phi) is 2.27. The third-order valence-electron chi connectivity index (χ3n) is 5.64. The summed E-state index contributed by atoms with van der Waals surface area (Å²) < 4.78 is 2.19. The first kappa shape index (κ1) is 10.9. The molecule has 1 aromatic rings. The van der Waals surface area contributed by atoms with Gasteiger partial charge in [-0.05, 0) is 62.2 Å². The van der Waals surface area contributed by atoms with Crippen LogP contribution in [0.5, 0.6) is 0 Å². The molecule has 18 heavy (non-hydrogen) atoms. The van der Waals surface area contributed by atoms with Gasteiger partial charge in [0.2, 0.25) is 0 Å². The molecule has 4 aliphatic rings. The molecule has 3 heteroatoms. The maximum absolute atomic E-state index is 6.20. The zero-order valence-electron chi connectivity index (χ0n) is 11.2. The predicted molar refractivity (Wildman–Crippen MR) is 72.1 cm³/mol. The molecule has 4 saturated carbocycles. The molecule has 0 amide bonds. The smallest absolute Gasteiger partial charge is 0.122 e. The Bertz CT molecular complexity index is 434. The lowest BCUT2D eigenvalue weighted by molar-refractivity contribution is -0.0328. The van der Waals surface area contributed by atoms with Crippen molar-refractivity contribution in [3.63, 3.8) is 0 Å². The van der Waals surface area contributed by atoms with Crippen LogP contribution in [-0.2, 0) is 6.42 Å². The van der Waals surface area contributed by atoms with E-state index >= 15 is 0 Å². The molecular weight excluding hydrogens is 222 g/mol. The molecule has 0 saturated heterocycles. The highest BCUT2D eigenvalue weighted by molar-refractivity contribution is 5.32. The Balaban J connectivity index is 1.69. The van der Waals surface area contributed by atoms with Crippen molar-refractivity contribution in [1.82, 2.24) is 9.78 Å². The monoisotopic (exact) mass is 245 g/mol. The topological polar surface area (TPSA) is 43.8 Å². The van der Waals surface area contributed by atoms with Crippen molar-refractivity contribution in [2.75, 3.05) is 5.73 Å². The predicted octanol–water partition coefficient (Wildman–Crippen LogP) is 3.02. The van der Waals surface area contributed by atoms with E-state index in [0.717, 1.165) is 41.6 Å². The van der Waals surface area contributed by atoms with E-state index in [9.17, 15) is 0 Å². The van der Waals surface area contributed by atoms with Crippen LogP contribution in [0.15, 0.2) is 6.07 Å². The first-order valence-corrected chi connectivity index (χ1v) is 7.58. The number of nitrogens with zero attached hydrogens (tertiary/aromatic N) is 2. The molecule has 4 fully saturated rings. The van der Waals surface area contributed by atoms with Crippen molar-refractivity contribution >= 4 is 5.82 Å². The van der Waals surface area contributed by atoms with E-state index in [2.05, 4.69) is 17.7 Å². The second-order valence-electron chi connectivity index (χ2n) is 6.78. The zero-order valence-corrected chi connectivity index (χ0v) is 11.2. The van der Waals surface area contributed by atoms with Crippen LogP contribution >= 0.6 is 0 Å². The quantitative estimate of drug-likeness (QED) is 0.870. The number of hydrogen-bond acceptors (Lipinski definition) is 2. The number of anilines is 1. The fourth-order valence-corrected chi connectivity index (χ4v) is 5.17. The molecular formula is C15H23N3. The van der Waals surface area contributed by atoms with Gasteiger partial charge in [-0.1, -0.05) is 6.92 Å². The Hall–Kier alpha value is -0.990. The van der Waals surface area contributed by atoms with Crippen molar-refractivity contribution in [2.24, 2.45) is 23.7 Å². The Morgan fingerprint density at radius 2 is 1.78 bits per heavy atom. The first-order valence-electron chi connectivity index (χ1n) is 7.58. The largest absolute Gasteiger partial charge is 0.384 e. The van der Waals surface area contributed by atoms with Crippen molar-refractivity contribution in [3.8, 4) is 0 Å². The minimum atomic E-state index is 0.609. The molecule has 0 unspecified atom stereocenters. The number of aromatic nitrogens is 2. The van der Waals surface area contributed by atoms with Crippen molar-refractivity contribution < 1.29 is 0 Å². The Morgan fingerprint density at radius 1 is 1.17 bits per heavy atom. The van der Waals surface area contributed by atoms with E-state index in [1.165, 1.54) is 32.1 Å². The van der Waals surface area contributed by atoms with E-state index < -0.39 is 0 Å². The summed E-state index contributed by atoms with van der Waals surface area (Å²) in [7, 11) is 0. The molecule has 0 radical (unpaired) electrons. The summed E-state index contributed by atoms with van der Waals surface area (Å²) in [6, 6.07) is 2.68. The van der Waals surface area contributed by atoms with E-state index in [4.69, 9.17) is 10.8 Å². The summed E-state index contributed by atoms with van der Waals surface area (Å²) >= 11 is 0. The first-order chi connectivity index (χ1) is 8.74. The van der Waals surface area contributed by atoms with E-state index in [-0.39, 0.29) is 0 Å². The Labute approximate surface area is 109 Å². The maximum Gasteiger partial charge on any atom is 0.122 e. The van der Waals surface area contributed by atoms with Crippen molar-refractivity contribution in [1.29, 1.82) is 0 Å². The Morgan fingerprint density at radius 3 is 2.28 bits per heavy atom. The molecule has 98 valence electrons. The summed E-state index contributed by atoms with van der Waals surface area (Å²) in [5, 5.41) is 4.77. The fraction of sp³-hybridized carbons (Fsp3) is 0.800. The molecule has 1 heterocycles. The van der Waals surface area contributed by atoms with Gasteiger partial charge in [0.05, 0.1) is 11.7 Å². The van der Waals surface area contributed by atoms with Gasteiger partial charge in [0.25, 0.3) is 0 Å². The molecule has 0 aromatic carbocycles. The molecule has 4 aliphatic carbocycles. The SMILES string of the molecule is CCc1cc(N)n(C2C3CC4CC(C3)CC2C4)n1.